The molecule has 0 N–H and O–H groups in total. The standard InChI is InChI=1S/C15H26O4/c1-5-8-10-18-14(16)13(12(4)7-3)15(17)19-11-9-6-2/h7,13H,5-6,8-11H2,1-4H3/b12-7-. The van der Waals surface area contributed by atoms with E-state index in [9.17, 15) is 9.59 Å². The predicted octanol–water partition coefficient (Wildman–Crippen LogP) is 3.26. The molecule has 0 radical (unpaired) electrons. The van der Waals surface area contributed by atoms with Gasteiger partial charge in [0, 0.05) is 0 Å². The van der Waals surface area contributed by atoms with Gasteiger partial charge in [-0.25, -0.2) is 0 Å². The van der Waals surface area contributed by atoms with E-state index in [4.69, 9.17) is 9.47 Å². The Hall–Kier alpha value is -1.32. The third-order valence-electron chi connectivity index (χ3n) is 2.87. The minimum Gasteiger partial charge on any atom is -0.465 e. The monoisotopic (exact) mass is 270 g/mol. The number of rotatable bonds is 9. The summed E-state index contributed by atoms with van der Waals surface area (Å²) in [6, 6.07) is 0. The Morgan fingerprint density at radius 3 is 1.74 bits per heavy atom. The first-order valence-electron chi connectivity index (χ1n) is 7.04. The van der Waals surface area contributed by atoms with Crippen LogP contribution in [-0.2, 0) is 19.1 Å². The lowest BCUT2D eigenvalue weighted by Gasteiger charge is -2.15. The van der Waals surface area contributed by atoms with E-state index in [2.05, 4.69) is 0 Å². The molecular weight excluding hydrogens is 244 g/mol. The van der Waals surface area contributed by atoms with Gasteiger partial charge in [-0.2, -0.15) is 0 Å². The third-order valence-corrected chi connectivity index (χ3v) is 2.87. The lowest BCUT2D eigenvalue weighted by Crippen LogP contribution is -2.29. The van der Waals surface area contributed by atoms with Crippen molar-refractivity contribution in [3.63, 3.8) is 0 Å². The Morgan fingerprint density at radius 1 is 1.00 bits per heavy atom. The number of unbranched alkanes of at least 4 members (excludes halogenated alkanes) is 2. The normalized spacial score (nSPS) is 11.5. The van der Waals surface area contributed by atoms with E-state index >= 15 is 0 Å². The Bertz CT molecular complexity index is 285. The summed E-state index contributed by atoms with van der Waals surface area (Å²) in [7, 11) is 0. The van der Waals surface area contributed by atoms with E-state index in [1.807, 2.05) is 13.8 Å². The van der Waals surface area contributed by atoms with Crippen molar-refractivity contribution in [2.75, 3.05) is 13.2 Å². The van der Waals surface area contributed by atoms with Crippen LogP contribution in [0.15, 0.2) is 11.6 Å². The second-order valence-corrected chi connectivity index (χ2v) is 4.51. The summed E-state index contributed by atoms with van der Waals surface area (Å²) in [5, 5.41) is 0. The zero-order valence-corrected chi connectivity index (χ0v) is 12.5. The largest absolute Gasteiger partial charge is 0.465 e. The molecule has 0 rings (SSSR count). The molecule has 0 aliphatic heterocycles. The molecule has 0 aromatic carbocycles. The number of carbonyl (C=O) groups excluding carboxylic acids is 2. The first kappa shape index (κ1) is 17.7. The lowest BCUT2D eigenvalue weighted by atomic mass is 10.0. The number of esters is 2. The summed E-state index contributed by atoms with van der Waals surface area (Å²) < 4.78 is 10.2. The molecule has 0 heterocycles. The van der Waals surface area contributed by atoms with Crippen molar-refractivity contribution in [1.82, 2.24) is 0 Å². The maximum absolute atomic E-state index is 11.9. The van der Waals surface area contributed by atoms with Gasteiger partial charge in [-0.15, -0.1) is 0 Å². The molecule has 0 saturated heterocycles. The van der Waals surface area contributed by atoms with Crippen LogP contribution in [0.1, 0.15) is 53.4 Å². The molecule has 0 aromatic heterocycles. The molecule has 0 spiro atoms. The second-order valence-electron chi connectivity index (χ2n) is 4.51. The Kier molecular flexibility index (Phi) is 9.85. The Labute approximate surface area is 116 Å². The van der Waals surface area contributed by atoms with Crippen LogP contribution < -0.4 is 0 Å². The van der Waals surface area contributed by atoms with Gasteiger partial charge in [0.25, 0.3) is 0 Å². The average Bonchev–Trinajstić information content (AvgIpc) is 2.39. The number of ether oxygens (including phenoxy) is 2. The van der Waals surface area contributed by atoms with Gasteiger partial charge in [-0.3, -0.25) is 9.59 Å². The molecule has 19 heavy (non-hydrogen) atoms. The van der Waals surface area contributed by atoms with Gasteiger partial charge in [-0.05, 0) is 26.7 Å². The number of hydrogen-bond acceptors (Lipinski definition) is 4. The van der Waals surface area contributed by atoms with Crippen molar-refractivity contribution < 1.29 is 19.1 Å². The van der Waals surface area contributed by atoms with Crippen molar-refractivity contribution in [2.45, 2.75) is 53.4 Å². The number of hydrogen-bond donors (Lipinski definition) is 0. The fraction of sp³-hybridized carbons (Fsp3) is 0.733. The van der Waals surface area contributed by atoms with Crippen LogP contribution in [-0.4, -0.2) is 25.2 Å². The summed E-state index contributed by atoms with van der Waals surface area (Å²) >= 11 is 0. The van der Waals surface area contributed by atoms with Crippen molar-refractivity contribution in [3.8, 4) is 0 Å². The van der Waals surface area contributed by atoms with Crippen LogP contribution in [0.5, 0.6) is 0 Å². The van der Waals surface area contributed by atoms with Crippen LogP contribution in [0.3, 0.4) is 0 Å². The van der Waals surface area contributed by atoms with Gasteiger partial charge in [-0.1, -0.05) is 38.3 Å². The van der Waals surface area contributed by atoms with E-state index < -0.39 is 17.9 Å². The topological polar surface area (TPSA) is 52.6 Å². The Morgan fingerprint density at radius 2 is 1.42 bits per heavy atom. The third kappa shape index (κ3) is 6.99. The van der Waals surface area contributed by atoms with Crippen LogP contribution in [0.2, 0.25) is 0 Å². The highest BCUT2D eigenvalue weighted by Gasteiger charge is 2.30. The highest BCUT2D eigenvalue weighted by molar-refractivity contribution is 5.98. The highest BCUT2D eigenvalue weighted by atomic mass is 16.6. The lowest BCUT2D eigenvalue weighted by molar-refractivity contribution is -0.160. The molecule has 0 fully saturated rings. The van der Waals surface area contributed by atoms with Gasteiger partial charge in [0.2, 0.25) is 0 Å². The van der Waals surface area contributed by atoms with Gasteiger partial charge in [0.05, 0.1) is 13.2 Å². The fourth-order valence-electron chi connectivity index (χ4n) is 1.44. The van der Waals surface area contributed by atoms with E-state index in [0.717, 1.165) is 25.7 Å². The summed E-state index contributed by atoms with van der Waals surface area (Å²) in [5.41, 5.74) is 0.669. The second kappa shape index (κ2) is 10.6. The number of allylic oxidation sites excluding steroid dienone is 1. The Balaban J connectivity index is 4.53. The van der Waals surface area contributed by atoms with Crippen molar-refractivity contribution >= 4 is 11.9 Å². The van der Waals surface area contributed by atoms with Gasteiger partial charge >= 0.3 is 11.9 Å². The molecule has 0 saturated carbocycles. The predicted molar refractivity (Wildman–Crippen MR) is 74.7 cm³/mol. The summed E-state index contributed by atoms with van der Waals surface area (Å²) in [5.74, 6) is -1.94. The molecule has 0 unspecified atom stereocenters. The van der Waals surface area contributed by atoms with Crippen molar-refractivity contribution in [2.24, 2.45) is 5.92 Å². The van der Waals surface area contributed by atoms with Crippen LogP contribution in [0, 0.1) is 5.92 Å². The van der Waals surface area contributed by atoms with Gasteiger partial charge < -0.3 is 9.47 Å². The summed E-state index contributed by atoms with van der Waals surface area (Å²) in [4.78, 5) is 23.9. The van der Waals surface area contributed by atoms with Gasteiger partial charge in [0.1, 0.15) is 0 Å². The molecule has 0 aliphatic carbocycles. The van der Waals surface area contributed by atoms with Crippen molar-refractivity contribution in [3.05, 3.63) is 11.6 Å². The molecule has 4 heteroatoms. The highest BCUT2D eigenvalue weighted by Crippen LogP contribution is 2.15. The first-order valence-corrected chi connectivity index (χ1v) is 7.04. The molecule has 4 nitrogen and oxygen atoms in total. The molecular formula is C15H26O4. The van der Waals surface area contributed by atoms with Gasteiger partial charge in [0.15, 0.2) is 5.92 Å². The van der Waals surface area contributed by atoms with Crippen LogP contribution in [0.25, 0.3) is 0 Å². The van der Waals surface area contributed by atoms with Crippen molar-refractivity contribution in [1.29, 1.82) is 0 Å². The minimum atomic E-state index is -0.918. The van der Waals surface area contributed by atoms with E-state index in [1.54, 1.807) is 19.9 Å². The van der Waals surface area contributed by atoms with Crippen LogP contribution in [0.4, 0.5) is 0 Å². The summed E-state index contributed by atoms with van der Waals surface area (Å²) in [6.07, 6.45) is 5.24. The maximum Gasteiger partial charge on any atom is 0.324 e. The SMILES string of the molecule is C/C=C(/C)C(C(=O)OCCCC)C(=O)OCCCC. The fourth-order valence-corrected chi connectivity index (χ4v) is 1.44. The smallest absolute Gasteiger partial charge is 0.324 e. The molecule has 0 atom stereocenters. The molecule has 0 aromatic rings. The zero-order chi connectivity index (χ0) is 14.7. The maximum atomic E-state index is 11.9. The zero-order valence-electron chi connectivity index (χ0n) is 12.5. The van der Waals surface area contributed by atoms with Crippen LogP contribution >= 0.6 is 0 Å². The average molecular weight is 270 g/mol. The number of carbonyl (C=O) groups is 2. The van der Waals surface area contributed by atoms with E-state index in [0.29, 0.717) is 18.8 Å². The molecule has 0 bridgehead atoms. The first-order chi connectivity index (χ1) is 9.08. The van der Waals surface area contributed by atoms with E-state index in [-0.39, 0.29) is 0 Å². The molecule has 0 aliphatic rings. The quantitative estimate of drug-likeness (QED) is 0.279. The van der Waals surface area contributed by atoms with E-state index in [1.165, 1.54) is 0 Å². The summed E-state index contributed by atoms with van der Waals surface area (Å²) in [6.45, 7) is 8.27. The molecule has 0 amide bonds. The molecule has 110 valence electrons. The minimum absolute atomic E-state index is 0.352.